The van der Waals surface area contributed by atoms with Crippen molar-refractivity contribution >= 4 is 5.91 Å². The van der Waals surface area contributed by atoms with Crippen LogP contribution in [0, 0.1) is 23.7 Å². The molecule has 2 nitrogen and oxygen atoms in total. The summed E-state index contributed by atoms with van der Waals surface area (Å²) in [7, 11) is 1.75. The highest BCUT2D eigenvalue weighted by Crippen LogP contribution is 2.44. The first kappa shape index (κ1) is 12.9. The second kappa shape index (κ2) is 5.88. The van der Waals surface area contributed by atoms with E-state index < -0.39 is 0 Å². The lowest BCUT2D eigenvalue weighted by Gasteiger charge is -2.39. The minimum absolute atomic E-state index is 0.199. The van der Waals surface area contributed by atoms with Crippen LogP contribution in [0.3, 0.4) is 0 Å². The van der Waals surface area contributed by atoms with Crippen LogP contribution >= 0.6 is 0 Å². The number of amides is 1. The molecular weight excluding hydrogens is 210 g/mol. The van der Waals surface area contributed by atoms with E-state index in [2.05, 4.69) is 12.2 Å². The van der Waals surface area contributed by atoms with Gasteiger partial charge in [-0.15, -0.1) is 0 Å². The van der Waals surface area contributed by atoms with Crippen molar-refractivity contribution in [3.63, 3.8) is 0 Å². The average molecular weight is 237 g/mol. The molecular formula is C15H27NO. The number of hydrogen-bond acceptors (Lipinski definition) is 1. The predicted octanol–water partition coefficient (Wildman–Crippen LogP) is 3.37. The van der Waals surface area contributed by atoms with Gasteiger partial charge in [0.05, 0.1) is 0 Å². The molecule has 1 amide bonds. The maximum absolute atomic E-state index is 11.6. The first-order chi connectivity index (χ1) is 8.20. The smallest absolute Gasteiger partial charge is 0.222 e. The number of hydrogen-bond donors (Lipinski definition) is 1. The van der Waals surface area contributed by atoms with E-state index in [0.29, 0.717) is 0 Å². The quantitative estimate of drug-likeness (QED) is 0.801. The molecule has 0 aromatic carbocycles. The largest absolute Gasteiger partial charge is 0.359 e. The zero-order chi connectivity index (χ0) is 12.3. The van der Waals surface area contributed by atoms with E-state index in [1.807, 2.05) is 0 Å². The van der Waals surface area contributed by atoms with E-state index >= 15 is 0 Å². The summed E-state index contributed by atoms with van der Waals surface area (Å²) in [5.74, 6) is 3.23. The van der Waals surface area contributed by atoms with Crippen LogP contribution in [0.25, 0.3) is 0 Å². The van der Waals surface area contributed by atoms with Gasteiger partial charge < -0.3 is 5.32 Å². The van der Waals surface area contributed by atoms with Crippen LogP contribution < -0.4 is 5.32 Å². The summed E-state index contributed by atoms with van der Waals surface area (Å²) in [6.45, 7) is 2.08. The average Bonchev–Trinajstić information content (AvgIpc) is 2.37. The molecule has 98 valence electrons. The van der Waals surface area contributed by atoms with E-state index in [-0.39, 0.29) is 11.8 Å². The molecule has 0 radical (unpaired) electrons. The molecule has 1 N–H and O–H groups in total. The third-order valence-corrected chi connectivity index (χ3v) is 5.03. The molecule has 0 aromatic rings. The van der Waals surface area contributed by atoms with Gasteiger partial charge in [-0.25, -0.2) is 0 Å². The first-order valence-electron chi connectivity index (χ1n) is 7.42. The monoisotopic (exact) mass is 237 g/mol. The highest BCUT2D eigenvalue weighted by molar-refractivity contribution is 5.77. The van der Waals surface area contributed by atoms with Gasteiger partial charge in [0.1, 0.15) is 0 Å². The molecule has 2 aliphatic carbocycles. The lowest BCUT2D eigenvalue weighted by atomic mass is 9.66. The normalized spacial score (nSPS) is 34.8. The maximum Gasteiger partial charge on any atom is 0.222 e. The number of fused-ring (bicyclic) bond motifs is 1. The summed E-state index contributed by atoms with van der Waals surface area (Å²) in [6.07, 6.45) is 11.1. The minimum atomic E-state index is 0.199. The van der Waals surface area contributed by atoms with E-state index in [1.165, 1.54) is 44.9 Å². The van der Waals surface area contributed by atoms with Gasteiger partial charge in [0.15, 0.2) is 0 Å². The Hall–Kier alpha value is -0.530. The van der Waals surface area contributed by atoms with Crippen molar-refractivity contribution in [2.45, 2.75) is 58.3 Å². The molecule has 2 fully saturated rings. The summed E-state index contributed by atoms with van der Waals surface area (Å²) in [4.78, 5) is 11.6. The number of rotatable bonds is 3. The standard InChI is InChI=1S/C15H27NO/c1-11(15(17)16-2)9-12-7-8-13-5-3-4-6-14(13)10-12/h11-14H,3-10H2,1-2H3,(H,16,17)/t11-,12?,13?,14?/m0/s1. The van der Waals surface area contributed by atoms with Crippen LogP contribution in [0.5, 0.6) is 0 Å². The fourth-order valence-corrected chi connectivity index (χ4v) is 4.04. The van der Waals surface area contributed by atoms with E-state index in [0.717, 1.165) is 24.2 Å². The van der Waals surface area contributed by atoms with Crippen molar-refractivity contribution in [2.24, 2.45) is 23.7 Å². The second-order valence-corrected chi connectivity index (χ2v) is 6.23. The van der Waals surface area contributed by atoms with Gasteiger partial charge >= 0.3 is 0 Å². The molecule has 0 spiro atoms. The lowest BCUT2D eigenvalue weighted by Crippen LogP contribution is -2.31. The highest BCUT2D eigenvalue weighted by Gasteiger charge is 2.33. The molecule has 0 bridgehead atoms. The van der Waals surface area contributed by atoms with E-state index in [9.17, 15) is 4.79 Å². The topological polar surface area (TPSA) is 29.1 Å². The summed E-state index contributed by atoms with van der Waals surface area (Å²) in [5.41, 5.74) is 0. The Bertz CT molecular complexity index is 264. The van der Waals surface area contributed by atoms with Crippen LogP contribution in [-0.4, -0.2) is 13.0 Å². The molecule has 17 heavy (non-hydrogen) atoms. The van der Waals surface area contributed by atoms with E-state index in [4.69, 9.17) is 0 Å². The third kappa shape index (κ3) is 3.23. The molecule has 2 heteroatoms. The van der Waals surface area contributed by atoms with E-state index in [1.54, 1.807) is 7.05 Å². The molecule has 2 aliphatic rings. The van der Waals surface area contributed by atoms with Crippen LogP contribution in [-0.2, 0) is 4.79 Å². The van der Waals surface area contributed by atoms with Crippen molar-refractivity contribution < 1.29 is 4.79 Å². The Morgan fingerprint density at radius 2 is 1.88 bits per heavy atom. The number of nitrogens with one attached hydrogen (secondary N) is 1. The third-order valence-electron chi connectivity index (χ3n) is 5.03. The SMILES string of the molecule is CNC(=O)[C@@H](C)CC1CCC2CCCCC2C1. The van der Waals surface area contributed by atoms with Crippen LogP contribution in [0.2, 0.25) is 0 Å². The summed E-state index contributed by atoms with van der Waals surface area (Å²) < 4.78 is 0. The molecule has 0 aliphatic heterocycles. The van der Waals surface area contributed by atoms with Gasteiger partial charge in [0.2, 0.25) is 5.91 Å². The fraction of sp³-hybridized carbons (Fsp3) is 0.933. The van der Waals surface area contributed by atoms with Crippen molar-refractivity contribution in [3.05, 3.63) is 0 Å². The molecule has 2 rings (SSSR count). The second-order valence-electron chi connectivity index (χ2n) is 6.23. The fourth-order valence-electron chi connectivity index (χ4n) is 4.04. The predicted molar refractivity (Wildman–Crippen MR) is 70.6 cm³/mol. The lowest BCUT2D eigenvalue weighted by molar-refractivity contribution is -0.124. The van der Waals surface area contributed by atoms with Crippen LogP contribution in [0.15, 0.2) is 0 Å². The molecule has 0 saturated heterocycles. The Balaban J connectivity index is 1.81. The minimum Gasteiger partial charge on any atom is -0.359 e. The Kier molecular flexibility index (Phi) is 4.47. The van der Waals surface area contributed by atoms with Crippen molar-refractivity contribution in [1.82, 2.24) is 5.32 Å². The van der Waals surface area contributed by atoms with Crippen molar-refractivity contribution in [3.8, 4) is 0 Å². The number of carbonyl (C=O) groups excluding carboxylic acids is 1. The molecule has 0 aromatic heterocycles. The van der Waals surface area contributed by atoms with Gasteiger partial charge in [-0.05, 0) is 37.0 Å². The first-order valence-corrected chi connectivity index (χ1v) is 7.42. The number of carbonyl (C=O) groups is 1. The summed E-state index contributed by atoms with van der Waals surface area (Å²) in [5, 5.41) is 2.77. The Labute approximate surface area is 106 Å². The zero-order valence-electron chi connectivity index (χ0n) is 11.4. The Morgan fingerprint density at radius 3 is 2.59 bits per heavy atom. The van der Waals surface area contributed by atoms with Crippen molar-refractivity contribution in [2.75, 3.05) is 7.05 Å². The molecule has 2 saturated carbocycles. The van der Waals surface area contributed by atoms with Gasteiger partial charge in [-0.3, -0.25) is 4.79 Å². The van der Waals surface area contributed by atoms with Gasteiger partial charge in [0, 0.05) is 13.0 Å². The summed E-state index contributed by atoms with van der Waals surface area (Å²) in [6, 6.07) is 0. The Morgan fingerprint density at radius 1 is 1.18 bits per heavy atom. The summed E-state index contributed by atoms with van der Waals surface area (Å²) >= 11 is 0. The highest BCUT2D eigenvalue weighted by atomic mass is 16.1. The van der Waals surface area contributed by atoms with Gasteiger partial charge in [-0.1, -0.05) is 39.0 Å². The van der Waals surface area contributed by atoms with Crippen LogP contribution in [0.4, 0.5) is 0 Å². The molecule has 4 atom stereocenters. The molecule has 3 unspecified atom stereocenters. The van der Waals surface area contributed by atoms with Gasteiger partial charge in [0.25, 0.3) is 0 Å². The zero-order valence-corrected chi connectivity index (χ0v) is 11.4. The van der Waals surface area contributed by atoms with Crippen molar-refractivity contribution in [1.29, 1.82) is 0 Å². The maximum atomic E-state index is 11.6. The molecule has 0 heterocycles. The van der Waals surface area contributed by atoms with Gasteiger partial charge in [-0.2, -0.15) is 0 Å². The van der Waals surface area contributed by atoms with Crippen LogP contribution in [0.1, 0.15) is 58.3 Å².